The number of methoxy groups -OCH3 is 1. The number of amides is 1. The van der Waals surface area contributed by atoms with Crippen LogP contribution < -0.4 is 10.1 Å². The van der Waals surface area contributed by atoms with Gasteiger partial charge >= 0.3 is 0 Å². The maximum Gasteiger partial charge on any atom is 0.251 e. The number of rotatable bonds is 7. The molecular weight excluding hydrogens is 424 g/mol. The maximum atomic E-state index is 13.1. The third-order valence-electron chi connectivity index (χ3n) is 5.25. The Hall–Kier alpha value is -2.09. The number of para-hydroxylation sites is 1. The minimum Gasteiger partial charge on any atom is -0.496 e. The highest BCUT2D eigenvalue weighted by molar-refractivity contribution is 7.89. The Morgan fingerprint density at radius 1 is 1.10 bits per heavy atom. The van der Waals surface area contributed by atoms with Gasteiger partial charge in [0.2, 0.25) is 10.0 Å². The van der Waals surface area contributed by atoms with Crippen LogP contribution >= 0.6 is 11.6 Å². The second kappa shape index (κ2) is 10.3. The van der Waals surface area contributed by atoms with Crippen LogP contribution in [0, 0.1) is 0 Å². The molecule has 0 radical (unpaired) electrons. The number of benzene rings is 2. The summed E-state index contributed by atoms with van der Waals surface area (Å²) in [6.07, 6.45) is 4.31. The topological polar surface area (TPSA) is 75.7 Å². The van der Waals surface area contributed by atoms with Crippen molar-refractivity contribution >= 4 is 27.5 Å². The summed E-state index contributed by atoms with van der Waals surface area (Å²) in [5.41, 5.74) is 1.26. The van der Waals surface area contributed by atoms with Gasteiger partial charge < -0.3 is 10.1 Å². The van der Waals surface area contributed by atoms with Gasteiger partial charge in [-0.2, -0.15) is 4.31 Å². The first kappa shape index (κ1) is 22.6. The first-order chi connectivity index (χ1) is 14.4. The number of nitrogens with one attached hydrogen (secondary N) is 1. The van der Waals surface area contributed by atoms with E-state index >= 15 is 0 Å². The Kier molecular flexibility index (Phi) is 7.75. The van der Waals surface area contributed by atoms with Crippen molar-refractivity contribution in [1.82, 2.24) is 9.62 Å². The van der Waals surface area contributed by atoms with E-state index in [1.165, 1.54) is 16.4 Å². The monoisotopic (exact) mass is 450 g/mol. The summed E-state index contributed by atoms with van der Waals surface area (Å²) in [5.74, 6) is 0.429. The fraction of sp³-hybridized carbons (Fsp3) is 0.409. The smallest absolute Gasteiger partial charge is 0.251 e. The van der Waals surface area contributed by atoms with E-state index in [1.54, 1.807) is 13.2 Å². The SMILES string of the molecule is COc1ccccc1CCNC(=O)c1ccc(Cl)c(S(=O)(=O)N2CCCCCC2)c1. The number of hydrogen-bond acceptors (Lipinski definition) is 4. The van der Waals surface area contributed by atoms with Crippen LogP contribution in [0.1, 0.15) is 41.6 Å². The number of sulfonamides is 1. The summed E-state index contributed by atoms with van der Waals surface area (Å²) in [6, 6.07) is 12.0. The second-order valence-corrected chi connectivity index (χ2v) is 9.59. The lowest BCUT2D eigenvalue weighted by atomic mass is 10.1. The van der Waals surface area contributed by atoms with Gasteiger partial charge in [-0.25, -0.2) is 8.42 Å². The van der Waals surface area contributed by atoms with Gasteiger partial charge in [0.25, 0.3) is 5.91 Å². The van der Waals surface area contributed by atoms with Crippen LogP contribution in [0.3, 0.4) is 0 Å². The predicted molar refractivity (Wildman–Crippen MR) is 118 cm³/mol. The molecule has 1 fully saturated rings. The highest BCUT2D eigenvalue weighted by Crippen LogP contribution is 2.27. The Balaban J connectivity index is 1.71. The molecule has 1 heterocycles. The average Bonchev–Trinajstić information content (AvgIpc) is 3.04. The van der Waals surface area contributed by atoms with Crippen LogP contribution in [0.25, 0.3) is 0 Å². The average molecular weight is 451 g/mol. The Morgan fingerprint density at radius 3 is 2.50 bits per heavy atom. The lowest BCUT2D eigenvalue weighted by Gasteiger charge is -2.21. The third-order valence-corrected chi connectivity index (χ3v) is 7.63. The molecule has 0 spiro atoms. The molecule has 0 atom stereocenters. The normalized spacial score (nSPS) is 15.4. The van der Waals surface area contributed by atoms with E-state index in [0.717, 1.165) is 37.0 Å². The molecule has 0 unspecified atom stereocenters. The van der Waals surface area contributed by atoms with Crippen molar-refractivity contribution in [2.24, 2.45) is 0 Å². The summed E-state index contributed by atoms with van der Waals surface area (Å²) in [6.45, 7) is 1.36. The summed E-state index contributed by atoms with van der Waals surface area (Å²) in [5, 5.41) is 2.97. The van der Waals surface area contributed by atoms with Gasteiger partial charge in [0.15, 0.2) is 0 Å². The van der Waals surface area contributed by atoms with Gasteiger partial charge in [0.05, 0.1) is 12.1 Å². The van der Waals surface area contributed by atoms with Crippen molar-refractivity contribution < 1.29 is 17.9 Å². The molecule has 1 N–H and O–H groups in total. The second-order valence-electron chi connectivity index (χ2n) is 7.28. The molecule has 0 saturated carbocycles. The summed E-state index contributed by atoms with van der Waals surface area (Å²) in [7, 11) is -2.13. The van der Waals surface area contributed by atoms with Gasteiger partial charge in [0.1, 0.15) is 10.6 Å². The summed E-state index contributed by atoms with van der Waals surface area (Å²) < 4.78 is 33.0. The van der Waals surface area contributed by atoms with Crippen LogP contribution in [0.15, 0.2) is 47.4 Å². The maximum absolute atomic E-state index is 13.1. The van der Waals surface area contributed by atoms with Gasteiger partial charge in [-0.15, -0.1) is 0 Å². The van der Waals surface area contributed by atoms with Crippen LogP contribution in [0.2, 0.25) is 5.02 Å². The largest absolute Gasteiger partial charge is 0.496 e. The number of hydrogen-bond donors (Lipinski definition) is 1. The number of ether oxygens (including phenoxy) is 1. The fourth-order valence-corrected chi connectivity index (χ4v) is 5.60. The Morgan fingerprint density at radius 2 is 1.80 bits per heavy atom. The van der Waals surface area contributed by atoms with Crippen molar-refractivity contribution in [1.29, 1.82) is 0 Å². The summed E-state index contributed by atoms with van der Waals surface area (Å²) >= 11 is 6.21. The van der Waals surface area contributed by atoms with E-state index in [-0.39, 0.29) is 21.4 Å². The number of nitrogens with zero attached hydrogens (tertiary/aromatic N) is 1. The number of carbonyl (C=O) groups is 1. The summed E-state index contributed by atoms with van der Waals surface area (Å²) in [4.78, 5) is 12.6. The molecule has 6 nitrogen and oxygen atoms in total. The molecule has 1 amide bonds. The molecule has 8 heteroatoms. The van der Waals surface area contributed by atoms with Crippen molar-refractivity contribution in [2.45, 2.75) is 37.0 Å². The van der Waals surface area contributed by atoms with Crippen molar-refractivity contribution in [3.63, 3.8) is 0 Å². The standard InChI is InChI=1S/C22H27ClN2O4S/c1-29-20-9-5-4-8-17(20)12-13-24-22(26)18-10-11-19(23)21(16-18)30(27,28)25-14-6-2-3-7-15-25/h4-5,8-11,16H,2-3,6-7,12-15H2,1H3,(H,24,26). The number of halogens is 1. The van der Waals surface area contributed by atoms with Crippen molar-refractivity contribution in [3.05, 3.63) is 58.6 Å². The quantitative estimate of drug-likeness (QED) is 0.694. The van der Waals surface area contributed by atoms with Crippen LogP contribution in [-0.4, -0.2) is 45.4 Å². The molecule has 1 saturated heterocycles. The van der Waals surface area contributed by atoms with Crippen LogP contribution in [-0.2, 0) is 16.4 Å². The Labute approximate surface area is 183 Å². The minimum atomic E-state index is -3.74. The van der Waals surface area contributed by atoms with Crippen LogP contribution in [0.4, 0.5) is 0 Å². The predicted octanol–water partition coefficient (Wildman–Crippen LogP) is 3.89. The molecule has 3 rings (SSSR count). The van der Waals surface area contributed by atoms with E-state index in [0.29, 0.717) is 26.1 Å². The molecule has 0 aromatic heterocycles. The molecule has 2 aromatic rings. The van der Waals surface area contributed by atoms with Gasteiger partial charge in [-0.05, 0) is 49.1 Å². The zero-order chi connectivity index (χ0) is 21.6. The number of carbonyl (C=O) groups excluding carboxylic acids is 1. The third kappa shape index (κ3) is 5.33. The fourth-order valence-electron chi connectivity index (χ4n) is 3.59. The zero-order valence-electron chi connectivity index (χ0n) is 17.1. The first-order valence-corrected chi connectivity index (χ1v) is 11.9. The van der Waals surface area contributed by atoms with E-state index in [4.69, 9.17) is 16.3 Å². The van der Waals surface area contributed by atoms with Crippen molar-refractivity contribution in [3.8, 4) is 5.75 Å². The van der Waals surface area contributed by atoms with E-state index in [2.05, 4.69) is 5.32 Å². The molecule has 1 aliphatic rings. The zero-order valence-corrected chi connectivity index (χ0v) is 18.6. The van der Waals surface area contributed by atoms with E-state index in [9.17, 15) is 13.2 Å². The van der Waals surface area contributed by atoms with E-state index < -0.39 is 10.0 Å². The molecule has 162 valence electrons. The highest BCUT2D eigenvalue weighted by Gasteiger charge is 2.28. The van der Waals surface area contributed by atoms with E-state index in [1.807, 2.05) is 24.3 Å². The van der Waals surface area contributed by atoms with Crippen LogP contribution in [0.5, 0.6) is 5.75 Å². The van der Waals surface area contributed by atoms with Gasteiger partial charge in [0, 0.05) is 25.2 Å². The van der Waals surface area contributed by atoms with Crippen molar-refractivity contribution in [2.75, 3.05) is 26.7 Å². The molecule has 30 heavy (non-hydrogen) atoms. The molecule has 2 aromatic carbocycles. The lowest BCUT2D eigenvalue weighted by Crippen LogP contribution is -2.32. The first-order valence-electron chi connectivity index (χ1n) is 10.1. The molecule has 0 aliphatic carbocycles. The minimum absolute atomic E-state index is 0.0107. The Bertz CT molecular complexity index is 986. The lowest BCUT2D eigenvalue weighted by molar-refractivity contribution is 0.0954. The molecule has 1 aliphatic heterocycles. The van der Waals surface area contributed by atoms with Gasteiger partial charge in [-0.1, -0.05) is 42.6 Å². The molecule has 0 bridgehead atoms. The molecular formula is C22H27ClN2O4S. The van der Waals surface area contributed by atoms with Gasteiger partial charge in [-0.3, -0.25) is 4.79 Å². The highest BCUT2D eigenvalue weighted by atomic mass is 35.5.